The zero-order valence-electron chi connectivity index (χ0n) is 13.3. The Morgan fingerprint density at radius 1 is 1.23 bits per heavy atom. The summed E-state index contributed by atoms with van der Waals surface area (Å²) in [6.45, 7) is -0.592. The highest BCUT2D eigenvalue weighted by Crippen LogP contribution is 2.26. The molecule has 0 radical (unpaired) electrons. The number of carbonyl (C=O) groups excluding carboxylic acids is 3. The number of benzene rings is 1. The number of ether oxygens (including phenoxy) is 1. The molecule has 2 aromatic rings. The number of rotatable bonds is 8. The summed E-state index contributed by atoms with van der Waals surface area (Å²) in [4.78, 5) is 45.8. The van der Waals surface area contributed by atoms with Crippen LogP contribution in [-0.4, -0.2) is 29.2 Å². The summed E-state index contributed by atoms with van der Waals surface area (Å²) in [6, 6.07) is 6.97. The first kappa shape index (κ1) is 19.5. The molecular formula is C16H13ClN2O6S. The van der Waals surface area contributed by atoms with E-state index in [0.29, 0.717) is 4.88 Å². The number of amides is 1. The number of hydrogen-bond acceptors (Lipinski definition) is 7. The number of non-ortho nitro benzene ring substituents is 1. The van der Waals surface area contributed by atoms with E-state index in [4.69, 9.17) is 16.3 Å². The van der Waals surface area contributed by atoms with Crippen LogP contribution in [0.5, 0.6) is 0 Å². The van der Waals surface area contributed by atoms with Crippen LogP contribution in [-0.2, 0) is 14.3 Å². The van der Waals surface area contributed by atoms with Crippen LogP contribution in [0.3, 0.4) is 0 Å². The van der Waals surface area contributed by atoms with E-state index >= 15 is 0 Å². The van der Waals surface area contributed by atoms with E-state index in [9.17, 15) is 24.5 Å². The number of esters is 1. The maximum Gasteiger partial charge on any atom is 0.306 e. The quantitative estimate of drug-likeness (QED) is 0.316. The van der Waals surface area contributed by atoms with E-state index in [1.165, 1.54) is 23.5 Å². The van der Waals surface area contributed by atoms with Crippen molar-refractivity contribution in [1.29, 1.82) is 0 Å². The van der Waals surface area contributed by atoms with Gasteiger partial charge in [0.2, 0.25) is 0 Å². The molecule has 0 aliphatic heterocycles. The van der Waals surface area contributed by atoms with Crippen molar-refractivity contribution in [2.45, 2.75) is 12.8 Å². The van der Waals surface area contributed by atoms with Gasteiger partial charge in [-0.15, -0.1) is 11.3 Å². The summed E-state index contributed by atoms with van der Waals surface area (Å²) in [6.07, 6.45) is -0.167. The predicted molar refractivity (Wildman–Crippen MR) is 95.6 cm³/mol. The molecule has 0 atom stereocenters. The summed E-state index contributed by atoms with van der Waals surface area (Å²) in [5, 5.41) is 14.9. The minimum absolute atomic E-state index is 0.0162. The van der Waals surface area contributed by atoms with E-state index in [0.717, 1.165) is 6.07 Å². The van der Waals surface area contributed by atoms with Gasteiger partial charge in [0, 0.05) is 18.6 Å². The first-order valence-corrected chi connectivity index (χ1v) is 8.58. The first-order chi connectivity index (χ1) is 12.4. The Kier molecular flexibility index (Phi) is 6.81. The van der Waals surface area contributed by atoms with Gasteiger partial charge < -0.3 is 10.1 Å². The average molecular weight is 397 g/mol. The minimum Gasteiger partial charge on any atom is -0.456 e. The number of anilines is 1. The third-order valence-electron chi connectivity index (χ3n) is 3.15. The highest BCUT2D eigenvalue weighted by molar-refractivity contribution is 7.12. The zero-order valence-corrected chi connectivity index (χ0v) is 14.8. The first-order valence-electron chi connectivity index (χ1n) is 7.33. The van der Waals surface area contributed by atoms with Crippen molar-refractivity contribution >= 4 is 52.0 Å². The molecule has 0 saturated carbocycles. The molecule has 136 valence electrons. The lowest BCUT2D eigenvalue weighted by Gasteiger charge is -2.08. The Morgan fingerprint density at radius 3 is 2.65 bits per heavy atom. The number of Topliss-reactive ketones (excluding diaryl/α,β-unsaturated/α-hetero) is 1. The van der Waals surface area contributed by atoms with Gasteiger partial charge in [-0.05, 0) is 17.5 Å². The molecule has 8 nitrogen and oxygen atoms in total. The zero-order chi connectivity index (χ0) is 19.1. The van der Waals surface area contributed by atoms with E-state index in [-0.39, 0.29) is 35.0 Å². The summed E-state index contributed by atoms with van der Waals surface area (Å²) < 4.78 is 4.78. The highest BCUT2D eigenvalue weighted by atomic mass is 35.5. The predicted octanol–water partition coefficient (Wildman–Crippen LogP) is 3.45. The number of thiophene rings is 1. The summed E-state index contributed by atoms with van der Waals surface area (Å²) in [5.74, 6) is -1.58. The second-order valence-electron chi connectivity index (χ2n) is 5.03. The number of carbonyl (C=O) groups is 3. The van der Waals surface area contributed by atoms with Gasteiger partial charge in [-0.2, -0.15) is 0 Å². The fraction of sp³-hybridized carbons (Fsp3) is 0.188. The average Bonchev–Trinajstić information content (AvgIpc) is 3.14. The highest BCUT2D eigenvalue weighted by Gasteiger charge is 2.15. The number of hydrogen-bond donors (Lipinski definition) is 1. The van der Waals surface area contributed by atoms with E-state index in [1.54, 1.807) is 17.5 Å². The topological polar surface area (TPSA) is 116 Å². The Morgan fingerprint density at radius 2 is 2.00 bits per heavy atom. The van der Waals surface area contributed by atoms with Crippen LogP contribution in [0.25, 0.3) is 0 Å². The lowest BCUT2D eigenvalue weighted by atomic mass is 10.2. The smallest absolute Gasteiger partial charge is 0.306 e. The van der Waals surface area contributed by atoms with Crippen molar-refractivity contribution in [2.75, 3.05) is 11.9 Å². The Balaban J connectivity index is 1.79. The van der Waals surface area contributed by atoms with Crippen molar-refractivity contribution in [2.24, 2.45) is 0 Å². The van der Waals surface area contributed by atoms with Gasteiger partial charge in [0.05, 0.1) is 26.9 Å². The molecule has 0 aliphatic carbocycles. The molecule has 0 fully saturated rings. The van der Waals surface area contributed by atoms with Gasteiger partial charge in [0.15, 0.2) is 12.4 Å². The Hall–Kier alpha value is -2.78. The van der Waals surface area contributed by atoms with Crippen LogP contribution >= 0.6 is 22.9 Å². The third kappa shape index (κ3) is 5.64. The molecule has 0 aliphatic rings. The number of halogens is 1. The number of ketones is 1. The fourth-order valence-corrected chi connectivity index (χ4v) is 2.76. The molecule has 10 heteroatoms. The van der Waals surface area contributed by atoms with Crippen LogP contribution in [0.2, 0.25) is 5.02 Å². The molecule has 0 saturated heterocycles. The maximum atomic E-state index is 11.8. The van der Waals surface area contributed by atoms with Crippen molar-refractivity contribution in [3.05, 3.63) is 55.7 Å². The summed E-state index contributed by atoms with van der Waals surface area (Å²) >= 11 is 7.14. The standard InChI is InChI=1S/C16H13ClN2O6S/c17-11-4-3-10(19(23)24)8-12(11)18-15(21)9-25-16(22)6-5-13(20)14-2-1-7-26-14/h1-4,7-8H,5-6,9H2,(H,18,21). The number of nitro benzene ring substituents is 1. The lowest BCUT2D eigenvalue weighted by molar-refractivity contribution is -0.384. The fourth-order valence-electron chi connectivity index (χ4n) is 1.90. The molecule has 1 aromatic carbocycles. The van der Waals surface area contributed by atoms with Gasteiger partial charge in [-0.3, -0.25) is 24.5 Å². The molecule has 1 amide bonds. The molecular weight excluding hydrogens is 384 g/mol. The van der Waals surface area contributed by atoms with Gasteiger partial charge in [0.25, 0.3) is 11.6 Å². The molecule has 1 N–H and O–H groups in total. The lowest BCUT2D eigenvalue weighted by Crippen LogP contribution is -2.21. The Labute approximate surface area is 156 Å². The number of nitrogens with one attached hydrogen (secondary N) is 1. The van der Waals surface area contributed by atoms with Crippen LogP contribution < -0.4 is 5.32 Å². The van der Waals surface area contributed by atoms with E-state index in [2.05, 4.69) is 5.32 Å². The SMILES string of the molecule is O=C(COC(=O)CCC(=O)c1cccs1)Nc1cc([N+](=O)[O-])ccc1Cl. The van der Waals surface area contributed by atoms with Crippen LogP contribution in [0.1, 0.15) is 22.5 Å². The summed E-state index contributed by atoms with van der Waals surface area (Å²) in [5.41, 5.74) is -0.205. The van der Waals surface area contributed by atoms with E-state index < -0.39 is 23.4 Å². The molecule has 0 spiro atoms. The molecule has 0 unspecified atom stereocenters. The van der Waals surface area contributed by atoms with Gasteiger partial charge >= 0.3 is 5.97 Å². The maximum absolute atomic E-state index is 11.8. The van der Waals surface area contributed by atoms with Crippen molar-refractivity contribution in [1.82, 2.24) is 0 Å². The van der Waals surface area contributed by atoms with Crippen LogP contribution in [0.15, 0.2) is 35.7 Å². The second-order valence-corrected chi connectivity index (χ2v) is 6.39. The number of nitrogens with zero attached hydrogens (tertiary/aromatic N) is 1. The molecule has 26 heavy (non-hydrogen) atoms. The van der Waals surface area contributed by atoms with Crippen molar-refractivity contribution in [3.8, 4) is 0 Å². The second kappa shape index (κ2) is 9.07. The minimum atomic E-state index is -0.703. The van der Waals surface area contributed by atoms with Crippen LogP contribution in [0, 0.1) is 10.1 Å². The van der Waals surface area contributed by atoms with Gasteiger partial charge in [-0.25, -0.2) is 0 Å². The largest absolute Gasteiger partial charge is 0.456 e. The molecule has 1 heterocycles. The van der Waals surface area contributed by atoms with Crippen LogP contribution in [0.4, 0.5) is 11.4 Å². The van der Waals surface area contributed by atoms with Crippen molar-refractivity contribution in [3.63, 3.8) is 0 Å². The summed E-state index contributed by atoms with van der Waals surface area (Å²) in [7, 11) is 0. The molecule has 1 aromatic heterocycles. The molecule has 2 rings (SSSR count). The normalized spacial score (nSPS) is 10.2. The number of nitro groups is 1. The molecule has 0 bridgehead atoms. The monoisotopic (exact) mass is 396 g/mol. The van der Waals surface area contributed by atoms with Crippen molar-refractivity contribution < 1.29 is 24.0 Å². The van der Waals surface area contributed by atoms with Gasteiger partial charge in [0.1, 0.15) is 0 Å². The van der Waals surface area contributed by atoms with Gasteiger partial charge in [-0.1, -0.05) is 17.7 Å². The van der Waals surface area contributed by atoms with E-state index in [1.807, 2.05) is 0 Å². The third-order valence-corrected chi connectivity index (χ3v) is 4.39. The Bertz CT molecular complexity index is 837.